The number of carbonyl (C=O) groups is 2. The third-order valence-corrected chi connectivity index (χ3v) is 5.49. The van der Waals surface area contributed by atoms with Crippen molar-refractivity contribution in [3.8, 4) is 0 Å². The van der Waals surface area contributed by atoms with E-state index in [-0.39, 0.29) is 11.8 Å². The SMILES string of the molecule is CCC(=O)Nc1cccc(C(=O)N2CCC3(CCNCC3)CC2)c1. The number of benzene rings is 1. The standard InChI is InChI=1S/C19H27N3O2/c1-2-17(23)21-16-5-3-4-15(14-16)18(24)22-12-8-19(9-13-22)6-10-20-11-7-19/h3-5,14,20H,2,6-13H2,1H3,(H,21,23). The molecule has 0 bridgehead atoms. The van der Waals surface area contributed by atoms with Crippen molar-refractivity contribution in [2.75, 3.05) is 31.5 Å². The zero-order valence-electron chi connectivity index (χ0n) is 14.4. The topological polar surface area (TPSA) is 61.4 Å². The molecule has 0 aromatic heterocycles. The first-order valence-electron chi connectivity index (χ1n) is 9.02. The van der Waals surface area contributed by atoms with Gasteiger partial charge in [-0.3, -0.25) is 9.59 Å². The molecular weight excluding hydrogens is 302 g/mol. The van der Waals surface area contributed by atoms with Gasteiger partial charge in [-0.05, 0) is 62.4 Å². The zero-order valence-corrected chi connectivity index (χ0v) is 14.4. The Morgan fingerprint density at radius 1 is 1.17 bits per heavy atom. The summed E-state index contributed by atoms with van der Waals surface area (Å²) in [4.78, 5) is 26.3. The van der Waals surface area contributed by atoms with Crippen LogP contribution in [0, 0.1) is 5.41 Å². The number of likely N-dealkylation sites (tertiary alicyclic amines) is 1. The van der Waals surface area contributed by atoms with Gasteiger partial charge < -0.3 is 15.5 Å². The first-order chi connectivity index (χ1) is 11.6. The molecule has 3 rings (SSSR count). The van der Waals surface area contributed by atoms with Crippen LogP contribution < -0.4 is 10.6 Å². The second-order valence-electron chi connectivity index (χ2n) is 7.02. The average Bonchev–Trinajstić information content (AvgIpc) is 2.62. The van der Waals surface area contributed by atoms with Crippen molar-refractivity contribution >= 4 is 17.5 Å². The van der Waals surface area contributed by atoms with Crippen LogP contribution in [-0.2, 0) is 4.79 Å². The van der Waals surface area contributed by atoms with Crippen molar-refractivity contribution in [1.82, 2.24) is 10.2 Å². The maximum absolute atomic E-state index is 12.8. The number of rotatable bonds is 3. The third kappa shape index (κ3) is 3.78. The lowest BCUT2D eigenvalue weighted by Gasteiger charge is -2.44. The van der Waals surface area contributed by atoms with Crippen LogP contribution in [0.1, 0.15) is 49.4 Å². The van der Waals surface area contributed by atoms with E-state index in [0.717, 1.165) is 39.0 Å². The molecule has 0 unspecified atom stereocenters. The van der Waals surface area contributed by atoms with Crippen LogP contribution in [-0.4, -0.2) is 42.9 Å². The maximum Gasteiger partial charge on any atom is 0.253 e. The summed E-state index contributed by atoms with van der Waals surface area (Å²) >= 11 is 0. The normalized spacial score (nSPS) is 20.0. The third-order valence-electron chi connectivity index (χ3n) is 5.49. The Morgan fingerprint density at radius 2 is 1.88 bits per heavy atom. The van der Waals surface area contributed by atoms with E-state index in [1.54, 1.807) is 6.07 Å². The summed E-state index contributed by atoms with van der Waals surface area (Å²) in [5.74, 6) is 0.0387. The molecule has 2 aliphatic rings. The lowest BCUT2D eigenvalue weighted by Crippen LogP contribution is -2.47. The zero-order chi connectivity index (χ0) is 17.0. The van der Waals surface area contributed by atoms with Gasteiger partial charge in [-0.15, -0.1) is 0 Å². The minimum atomic E-state index is -0.0366. The Kier molecular flexibility index (Phi) is 5.19. The molecule has 0 atom stereocenters. The summed E-state index contributed by atoms with van der Waals surface area (Å²) in [7, 11) is 0. The Labute approximate surface area is 143 Å². The van der Waals surface area contributed by atoms with Crippen molar-refractivity contribution in [2.45, 2.75) is 39.0 Å². The first kappa shape index (κ1) is 17.0. The summed E-state index contributed by atoms with van der Waals surface area (Å²) in [6.07, 6.45) is 5.10. The van der Waals surface area contributed by atoms with Gasteiger partial charge in [0.2, 0.25) is 5.91 Å². The van der Waals surface area contributed by atoms with E-state index in [2.05, 4.69) is 10.6 Å². The van der Waals surface area contributed by atoms with Gasteiger partial charge in [-0.25, -0.2) is 0 Å². The predicted molar refractivity (Wildman–Crippen MR) is 95.0 cm³/mol. The van der Waals surface area contributed by atoms with E-state index in [0.29, 0.717) is 23.1 Å². The van der Waals surface area contributed by atoms with Crippen LogP contribution in [0.2, 0.25) is 0 Å². The number of nitrogens with zero attached hydrogens (tertiary/aromatic N) is 1. The molecule has 2 saturated heterocycles. The fourth-order valence-electron chi connectivity index (χ4n) is 3.80. The van der Waals surface area contributed by atoms with Crippen molar-refractivity contribution in [2.24, 2.45) is 5.41 Å². The van der Waals surface area contributed by atoms with E-state index in [1.807, 2.05) is 30.0 Å². The predicted octanol–water partition coefficient (Wildman–Crippen LogP) is 2.64. The minimum Gasteiger partial charge on any atom is -0.339 e. The van der Waals surface area contributed by atoms with Crippen LogP contribution >= 0.6 is 0 Å². The Hall–Kier alpha value is -1.88. The molecule has 0 radical (unpaired) electrons. The van der Waals surface area contributed by atoms with Gasteiger partial charge >= 0.3 is 0 Å². The molecular formula is C19H27N3O2. The molecule has 1 spiro atoms. The fourth-order valence-corrected chi connectivity index (χ4v) is 3.80. The van der Waals surface area contributed by atoms with Crippen molar-refractivity contribution in [1.29, 1.82) is 0 Å². The Morgan fingerprint density at radius 3 is 2.54 bits per heavy atom. The smallest absolute Gasteiger partial charge is 0.253 e. The van der Waals surface area contributed by atoms with Gasteiger partial charge in [0.1, 0.15) is 0 Å². The molecule has 0 saturated carbocycles. The molecule has 5 nitrogen and oxygen atoms in total. The van der Waals surface area contributed by atoms with E-state index in [9.17, 15) is 9.59 Å². The molecule has 2 amide bonds. The Balaban J connectivity index is 1.63. The van der Waals surface area contributed by atoms with Crippen LogP contribution in [0.4, 0.5) is 5.69 Å². The molecule has 2 heterocycles. The van der Waals surface area contributed by atoms with Crippen molar-refractivity contribution in [3.05, 3.63) is 29.8 Å². The first-order valence-corrected chi connectivity index (χ1v) is 9.02. The second-order valence-corrected chi connectivity index (χ2v) is 7.02. The number of piperidine rings is 2. The summed E-state index contributed by atoms with van der Waals surface area (Å²) in [6, 6.07) is 7.27. The second kappa shape index (κ2) is 7.34. The number of carbonyl (C=O) groups excluding carboxylic acids is 2. The number of hydrogen-bond donors (Lipinski definition) is 2. The van der Waals surface area contributed by atoms with Crippen molar-refractivity contribution in [3.63, 3.8) is 0 Å². The van der Waals surface area contributed by atoms with Crippen LogP contribution in [0.15, 0.2) is 24.3 Å². The lowest BCUT2D eigenvalue weighted by molar-refractivity contribution is -0.115. The molecule has 24 heavy (non-hydrogen) atoms. The minimum absolute atomic E-state index is 0.0366. The van der Waals surface area contributed by atoms with E-state index in [4.69, 9.17) is 0 Å². The molecule has 130 valence electrons. The monoisotopic (exact) mass is 329 g/mol. The fraction of sp³-hybridized carbons (Fsp3) is 0.579. The molecule has 2 fully saturated rings. The molecule has 2 aliphatic heterocycles. The molecule has 1 aromatic rings. The number of anilines is 1. The quantitative estimate of drug-likeness (QED) is 0.896. The van der Waals surface area contributed by atoms with Gasteiger partial charge in [0.15, 0.2) is 0 Å². The van der Waals surface area contributed by atoms with Gasteiger partial charge in [0, 0.05) is 30.8 Å². The lowest BCUT2D eigenvalue weighted by atomic mass is 9.71. The van der Waals surface area contributed by atoms with E-state index >= 15 is 0 Å². The van der Waals surface area contributed by atoms with Gasteiger partial charge in [-0.1, -0.05) is 13.0 Å². The summed E-state index contributed by atoms with van der Waals surface area (Å²) in [5.41, 5.74) is 1.80. The van der Waals surface area contributed by atoms with E-state index in [1.165, 1.54) is 12.8 Å². The van der Waals surface area contributed by atoms with Gasteiger partial charge in [0.05, 0.1) is 0 Å². The van der Waals surface area contributed by atoms with Gasteiger partial charge in [-0.2, -0.15) is 0 Å². The highest BCUT2D eigenvalue weighted by atomic mass is 16.2. The van der Waals surface area contributed by atoms with Crippen molar-refractivity contribution < 1.29 is 9.59 Å². The average molecular weight is 329 g/mol. The van der Waals surface area contributed by atoms with Crippen LogP contribution in [0.3, 0.4) is 0 Å². The van der Waals surface area contributed by atoms with E-state index < -0.39 is 0 Å². The summed E-state index contributed by atoms with van der Waals surface area (Å²) < 4.78 is 0. The molecule has 1 aromatic carbocycles. The number of nitrogens with one attached hydrogen (secondary N) is 2. The molecule has 5 heteroatoms. The van der Waals surface area contributed by atoms with Gasteiger partial charge in [0.25, 0.3) is 5.91 Å². The highest BCUT2D eigenvalue weighted by Crippen LogP contribution is 2.39. The van der Waals surface area contributed by atoms with Crippen LogP contribution in [0.25, 0.3) is 0 Å². The number of amides is 2. The molecule has 2 N–H and O–H groups in total. The highest BCUT2D eigenvalue weighted by molar-refractivity contribution is 5.97. The summed E-state index contributed by atoms with van der Waals surface area (Å²) in [6.45, 7) is 5.70. The maximum atomic E-state index is 12.8. The largest absolute Gasteiger partial charge is 0.339 e. The summed E-state index contributed by atoms with van der Waals surface area (Å²) in [5, 5.41) is 6.25. The van der Waals surface area contributed by atoms with Crippen LogP contribution in [0.5, 0.6) is 0 Å². The highest BCUT2D eigenvalue weighted by Gasteiger charge is 2.36. The number of hydrogen-bond acceptors (Lipinski definition) is 3. The molecule has 0 aliphatic carbocycles. The Bertz CT molecular complexity index is 598.